The molecule has 0 radical (unpaired) electrons. The summed E-state index contributed by atoms with van der Waals surface area (Å²) in [4.78, 5) is 24.2. The zero-order valence-electron chi connectivity index (χ0n) is 18.5. The minimum atomic E-state index is -0.238. The summed E-state index contributed by atoms with van der Waals surface area (Å²) in [5, 5.41) is 3.57. The molecule has 1 N–H and O–H groups in total. The van der Waals surface area contributed by atoms with E-state index in [0.717, 1.165) is 31.1 Å². The van der Waals surface area contributed by atoms with Crippen LogP contribution >= 0.6 is 0 Å². The first-order valence-corrected chi connectivity index (χ1v) is 11.5. The molecule has 1 amide bonds. The molecule has 0 aliphatic carbocycles. The largest absolute Gasteiger partial charge is 0.368 e. The number of carbonyl (C=O) groups is 1. The van der Waals surface area contributed by atoms with Crippen LogP contribution in [0.15, 0.2) is 72.8 Å². The van der Waals surface area contributed by atoms with Gasteiger partial charge in [0.15, 0.2) is 0 Å². The molecule has 0 unspecified atom stereocenters. The van der Waals surface area contributed by atoms with Crippen molar-refractivity contribution in [1.29, 1.82) is 0 Å². The summed E-state index contributed by atoms with van der Waals surface area (Å²) in [7, 11) is 0. The third-order valence-electron chi connectivity index (χ3n) is 6.41. The van der Waals surface area contributed by atoms with Crippen molar-refractivity contribution in [3.8, 4) is 0 Å². The number of hydrogen-bond donors (Lipinski definition) is 1. The lowest BCUT2D eigenvalue weighted by Crippen LogP contribution is -2.49. The summed E-state index contributed by atoms with van der Waals surface area (Å²) >= 11 is 0. The van der Waals surface area contributed by atoms with Crippen molar-refractivity contribution in [3.63, 3.8) is 0 Å². The smallest absolute Gasteiger partial charge is 0.272 e. The zero-order valence-corrected chi connectivity index (χ0v) is 18.5. The first-order chi connectivity index (χ1) is 16.2. The van der Waals surface area contributed by atoms with Gasteiger partial charge in [-0.3, -0.25) is 4.79 Å². The van der Waals surface area contributed by atoms with Crippen molar-refractivity contribution in [1.82, 2.24) is 15.2 Å². The molecule has 5 rings (SSSR count). The van der Waals surface area contributed by atoms with E-state index in [4.69, 9.17) is 4.98 Å². The number of anilines is 2. The Kier molecular flexibility index (Phi) is 6.21. The van der Waals surface area contributed by atoms with Crippen LogP contribution in [-0.4, -0.2) is 61.6 Å². The summed E-state index contributed by atoms with van der Waals surface area (Å²) in [6, 6.07) is 22.9. The number of carbonyl (C=O) groups excluding carboxylic acids is 1. The molecule has 170 valence electrons. The number of pyridine rings is 1. The number of hydrogen-bond acceptors (Lipinski definition) is 5. The average Bonchev–Trinajstić information content (AvgIpc) is 2.89. The van der Waals surface area contributed by atoms with Crippen LogP contribution in [0.4, 0.5) is 15.9 Å². The van der Waals surface area contributed by atoms with Crippen molar-refractivity contribution in [2.45, 2.75) is 6.04 Å². The Bertz CT molecular complexity index is 1080. The minimum absolute atomic E-state index is 0.0367. The Labute approximate surface area is 193 Å². The van der Waals surface area contributed by atoms with E-state index in [0.29, 0.717) is 31.9 Å². The maximum absolute atomic E-state index is 13.2. The van der Waals surface area contributed by atoms with Crippen molar-refractivity contribution in [2.24, 2.45) is 0 Å². The lowest BCUT2D eigenvalue weighted by Gasteiger charge is -2.36. The monoisotopic (exact) mass is 445 g/mol. The average molecular weight is 446 g/mol. The fourth-order valence-electron chi connectivity index (χ4n) is 4.57. The molecule has 2 saturated heterocycles. The molecule has 0 saturated carbocycles. The van der Waals surface area contributed by atoms with E-state index in [1.54, 1.807) is 18.2 Å². The van der Waals surface area contributed by atoms with E-state index in [1.807, 2.05) is 23.1 Å². The lowest BCUT2D eigenvalue weighted by molar-refractivity contribution is 0.0741. The molecule has 0 bridgehead atoms. The van der Waals surface area contributed by atoms with Crippen LogP contribution in [0, 0.1) is 5.82 Å². The van der Waals surface area contributed by atoms with Gasteiger partial charge < -0.3 is 20.0 Å². The SMILES string of the molecule is O=C(c1cccc(N2CCN[C@@H](c3ccccc3)C2)n1)N1CCN(c2ccc(F)cc2)CC1. The molecule has 2 aromatic carbocycles. The molecule has 1 atom stereocenters. The molecule has 2 fully saturated rings. The highest BCUT2D eigenvalue weighted by atomic mass is 19.1. The van der Waals surface area contributed by atoms with Crippen molar-refractivity contribution in [2.75, 3.05) is 55.6 Å². The summed E-state index contributed by atoms with van der Waals surface area (Å²) in [5.41, 5.74) is 2.72. The molecule has 2 aliphatic rings. The standard InChI is InChI=1S/C26H28FN5O/c27-21-9-11-22(12-10-21)30-15-17-31(18-16-30)26(33)23-7-4-8-25(29-23)32-14-13-28-24(19-32)20-5-2-1-3-6-20/h1-12,24,28H,13-19H2/t24-/m1/s1. The number of rotatable bonds is 4. The molecule has 1 aromatic heterocycles. The predicted octanol–water partition coefficient (Wildman–Crippen LogP) is 3.33. The molecule has 0 spiro atoms. The van der Waals surface area contributed by atoms with Gasteiger partial charge in [-0.25, -0.2) is 9.37 Å². The fourth-order valence-corrected chi connectivity index (χ4v) is 4.57. The van der Waals surface area contributed by atoms with Gasteiger partial charge in [-0.05, 0) is 42.0 Å². The van der Waals surface area contributed by atoms with Gasteiger partial charge in [-0.1, -0.05) is 36.4 Å². The van der Waals surface area contributed by atoms with Crippen LogP contribution in [0.25, 0.3) is 0 Å². The number of aromatic nitrogens is 1. The van der Waals surface area contributed by atoms with Gasteiger partial charge in [0, 0.05) is 57.5 Å². The first kappa shape index (κ1) is 21.4. The minimum Gasteiger partial charge on any atom is -0.368 e. The third kappa shape index (κ3) is 4.83. The van der Waals surface area contributed by atoms with Crippen LogP contribution in [0.5, 0.6) is 0 Å². The quantitative estimate of drug-likeness (QED) is 0.668. The van der Waals surface area contributed by atoms with E-state index < -0.39 is 0 Å². The van der Waals surface area contributed by atoms with Gasteiger partial charge in [0.25, 0.3) is 5.91 Å². The van der Waals surface area contributed by atoms with E-state index in [9.17, 15) is 9.18 Å². The van der Waals surface area contributed by atoms with Crippen LogP contribution in [0.2, 0.25) is 0 Å². The zero-order chi connectivity index (χ0) is 22.6. The second kappa shape index (κ2) is 9.58. The highest BCUT2D eigenvalue weighted by Crippen LogP contribution is 2.22. The maximum Gasteiger partial charge on any atom is 0.272 e. The fraction of sp³-hybridized carbons (Fsp3) is 0.308. The van der Waals surface area contributed by atoms with Crippen LogP contribution < -0.4 is 15.1 Å². The Morgan fingerprint density at radius 3 is 2.36 bits per heavy atom. The molecule has 2 aliphatic heterocycles. The molecule has 3 aromatic rings. The number of halogens is 1. The predicted molar refractivity (Wildman–Crippen MR) is 128 cm³/mol. The number of piperazine rings is 2. The molecule has 6 nitrogen and oxygen atoms in total. The topological polar surface area (TPSA) is 51.7 Å². The summed E-state index contributed by atoms with van der Waals surface area (Å²) in [6.07, 6.45) is 0. The summed E-state index contributed by atoms with van der Waals surface area (Å²) < 4.78 is 13.2. The highest BCUT2D eigenvalue weighted by molar-refractivity contribution is 5.93. The van der Waals surface area contributed by atoms with Crippen LogP contribution in [-0.2, 0) is 0 Å². The van der Waals surface area contributed by atoms with Gasteiger partial charge in [0.05, 0.1) is 0 Å². The van der Waals surface area contributed by atoms with E-state index in [2.05, 4.69) is 39.4 Å². The van der Waals surface area contributed by atoms with Crippen LogP contribution in [0.1, 0.15) is 22.1 Å². The summed E-state index contributed by atoms with van der Waals surface area (Å²) in [5.74, 6) is 0.566. The van der Waals surface area contributed by atoms with Crippen molar-refractivity contribution in [3.05, 3.63) is 89.9 Å². The van der Waals surface area contributed by atoms with Crippen molar-refractivity contribution < 1.29 is 9.18 Å². The molecule has 7 heteroatoms. The number of nitrogens with one attached hydrogen (secondary N) is 1. The number of nitrogens with zero attached hydrogens (tertiary/aromatic N) is 4. The molecular formula is C26H28FN5O. The van der Waals surface area contributed by atoms with E-state index in [1.165, 1.54) is 17.7 Å². The van der Waals surface area contributed by atoms with Gasteiger partial charge in [0.2, 0.25) is 0 Å². The second-order valence-corrected chi connectivity index (χ2v) is 8.50. The van der Waals surface area contributed by atoms with E-state index in [-0.39, 0.29) is 17.8 Å². The summed E-state index contributed by atoms with van der Waals surface area (Å²) in [6.45, 7) is 5.19. The molecular weight excluding hydrogens is 417 g/mol. The van der Waals surface area contributed by atoms with Gasteiger partial charge in [0.1, 0.15) is 17.3 Å². The molecule has 33 heavy (non-hydrogen) atoms. The Hall–Kier alpha value is -3.45. The Morgan fingerprint density at radius 2 is 1.61 bits per heavy atom. The highest BCUT2D eigenvalue weighted by Gasteiger charge is 2.25. The van der Waals surface area contributed by atoms with Gasteiger partial charge >= 0.3 is 0 Å². The number of benzene rings is 2. The number of amides is 1. The molecule has 3 heterocycles. The Balaban J connectivity index is 1.23. The Morgan fingerprint density at radius 1 is 0.848 bits per heavy atom. The van der Waals surface area contributed by atoms with Crippen molar-refractivity contribution >= 4 is 17.4 Å². The first-order valence-electron chi connectivity index (χ1n) is 11.5. The maximum atomic E-state index is 13.2. The van der Waals surface area contributed by atoms with Gasteiger partial charge in [-0.2, -0.15) is 0 Å². The normalized spacial score (nSPS) is 18.9. The van der Waals surface area contributed by atoms with E-state index >= 15 is 0 Å². The lowest BCUT2D eigenvalue weighted by atomic mass is 10.0. The van der Waals surface area contributed by atoms with Crippen LogP contribution in [0.3, 0.4) is 0 Å². The second-order valence-electron chi connectivity index (χ2n) is 8.50. The van der Waals surface area contributed by atoms with Gasteiger partial charge in [-0.15, -0.1) is 0 Å². The third-order valence-corrected chi connectivity index (χ3v) is 6.41.